The second-order valence-corrected chi connectivity index (χ2v) is 7.61. The first-order valence-corrected chi connectivity index (χ1v) is 10.1. The van der Waals surface area contributed by atoms with Gasteiger partial charge in [0.1, 0.15) is 11.1 Å². The number of aromatic amines is 1. The lowest BCUT2D eigenvalue weighted by atomic mass is 9.96. The number of halogens is 6. The van der Waals surface area contributed by atoms with Gasteiger partial charge in [-0.3, -0.25) is 0 Å². The fourth-order valence-electron chi connectivity index (χ4n) is 3.81. The van der Waals surface area contributed by atoms with Crippen LogP contribution >= 0.6 is 0 Å². The molecule has 0 unspecified atom stereocenters. The molecule has 0 radical (unpaired) electrons. The molecule has 0 amide bonds. The maximum absolute atomic E-state index is 13.7. The number of rotatable bonds is 6. The fourth-order valence-corrected chi connectivity index (χ4v) is 3.81. The van der Waals surface area contributed by atoms with Gasteiger partial charge in [-0.1, -0.05) is 37.6 Å². The molecule has 0 bridgehead atoms. The minimum atomic E-state index is -4.71. The van der Waals surface area contributed by atoms with Crippen LogP contribution in [0.15, 0.2) is 40.8 Å². The summed E-state index contributed by atoms with van der Waals surface area (Å²) in [5.41, 5.74) is -0.316. The number of aryl methyl sites for hydroxylation is 3. The molecule has 0 spiro atoms. The average Bonchev–Trinajstić information content (AvgIpc) is 3.39. The number of furan rings is 1. The first kappa shape index (κ1) is 22.8. The Morgan fingerprint density at radius 1 is 0.879 bits per heavy atom. The summed E-state index contributed by atoms with van der Waals surface area (Å²) in [6, 6.07) is 8.53. The van der Waals surface area contributed by atoms with E-state index in [-0.39, 0.29) is 28.8 Å². The van der Waals surface area contributed by atoms with Crippen molar-refractivity contribution in [2.75, 3.05) is 0 Å². The van der Waals surface area contributed by atoms with Crippen LogP contribution in [0.2, 0.25) is 0 Å². The molecule has 0 saturated heterocycles. The quantitative estimate of drug-likeness (QED) is 0.333. The number of aromatic nitrogens is 4. The summed E-state index contributed by atoms with van der Waals surface area (Å²) in [5, 5.41) is 12.3. The van der Waals surface area contributed by atoms with E-state index in [1.807, 2.05) is 6.92 Å². The summed E-state index contributed by atoms with van der Waals surface area (Å²) in [6.45, 7) is 1.81. The summed E-state index contributed by atoms with van der Waals surface area (Å²) >= 11 is 0. The number of nitrogens with one attached hydrogen (secondary N) is 1. The number of nitrogens with zero attached hydrogens (tertiary/aromatic N) is 3. The maximum atomic E-state index is 13.7. The van der Waals surface area contributed by atoms with Crippen LogP contribution in [0.3, 0.4) is 0 Å². The number of hydrogen-bond acceptors (Lipinski definition) is 4. The zero-order valence-electron chi connectivity index (χ0n) is 17.3. The second kappa shape index (κ2) is 8.53. The molecule has 1 N–H and O–H groups in total. The molecule has 2 aromatic carbocycles. The molecule has 0 fully saturated rings. The van der Waals surface area contributed by atoms with Gasteiger partial charge in [-0.15, -0.1) is 10.2 Å². The molecule has 5 nitrogen and oxygen atoms in total. The lowest BCUT2D eigenvalue weighted by molar-refractivity contribution is -0.138. The Morgan fingerprint density at radius 2 is 1.58 bits per heavy atom. The average molecular weight is 468 g/mol. The molecule has 0 aliphatic carbocycles. The first-order chi connectivity index (χ1) is 15.6. The SMILES string of the molecule is CCCc1ccc(CCc2ccc3c(C(F)(F)F)c(-c4nn[nH]n4)oc3c2)cc1C(F)(F)F. The van der Waals surface area contributed by atoms with Crippen molar-refractivity contribution >= 4 is 11.0 Å². The molecule has 4 rings (SSSR count). The summed E-state index contributed by atoms with van der Waals surface area (Å²) in [4.78, 5) is 0. The Kier molecular flexibility index (Phi) is 5.89. The minimum absolute atomic E-state index is 0.0195. The first-order valence-electron chi connectivity index (χ1n) is 10.1. The standard InChI is InChI=1S/C22H18F6N4O/c1-2-3-14-8-6-12(10-16(14)21(23,24)25)4-5-13-7-9-15-17(11-13)33-19(18(15)22(26,27)28)20-29-31-32-30-20/h6-11H,2-5H2,1H3,(H,29,30,31,32). The third-order valence-electron chi connectivity index (χ3n) is 5.29. The monoisotopic (exact) mass is 468 g/mol. The second-order valence-electron chi connectivity index (χ2n) is 7.61. The van der Waals surface area contributed by atoms with Gasteiger partial charge >= 0.3 is 12.4 Å². The van der Waals surface area contributed by atoms with E-state index >= 15 is 0 Å². The topological polar surface area (TPSA) is 67.6 Å². The molecule has 0 atom stereocenters. The van der Waals surface area contributed by atoms with Gasteiger partial charge < -0.3 is 4.42 Å². The lowest BCUT2D eigenvalue weighted by Crippen LogP contribution is -2.10. The fraction of sp³-hybridized carbons (Fsp3) is 0.318. The van der Waals surface area contributed by atoms with E-state index in [2.05, 4.69) is 20.6 Å². The molecule has 0 saturated carbocycles. The molecule has 2 heterocycles. The van der Waals surface area contributed by atoms with E-state index in [1.165, 1.54) is 24.3 Å². The molecule has 0 aliphatic heterocycles. The Bertz CT molecular complexity index is 1260. The van der Waals surface area contributed by atoms with Crippen LogP contribution in [0.4, 0.5) is 26.3 Å². The van der Waals surface area contributed by atoms with E-state index < -0.39 is 29.2 Å². The number of alkyl halides is 6. The maximum Gasteiger partial charge on any atom is 0.420 e. The lowest BCUT2D eigenvalue weighted by Gasteiger charge is -2.14. The Balaban J connectivity index is 1.63. The van der Waals surface area contributed by atoms with Gasteiger partial charge in [-0.05, 0) is 53.3 Å². The Labute approximate surface area is 183 Å². The smallest absolute Gasteiger partial charge is 0.420 e. The Hall–Kier alpha value is -3.37. The van der Waals surface area contributed by atoms with E-state index in [0.717, 1.165) is 6.07 Å². The van der Waals surface area contributed by atoms with E-state index in [9.17, 15) is 26.3 Å². The van der Waals surface area contributed by atoms with Gasteiger partial charge in [-0.2, -0.15) is 31.6 Å². The van der Waals surface area contributed by atoms with Gasteiger partial charge in [0.05, 0.1) is 5.56 Å². The molecular formula is C22H18F6N4O. The molecule has 0 aliphatic rings. The minimum Gasteiger partial charge on any atom is -0.452 e. The highest BCUT2D eigenvalue weighted by atomic mass is 19.4. The molecular weight excluding hydrogens is 450 g/mol. The number of hydrogen-bond donors (Lipinski definition) is 1. The van der Waals surface area contributed by atoms with Crippen LogP contribution in [0, 0.1) is 0 Å². The van der Waals surface area contributed by atoms with Crippen LogP contribution in [0.5, 0.6) is 0 Å². The highest BCUT2D eigenvalue weighted by Gasteiger charge is 2.40. The van der Waals surface area contributed by atoms with Crippen molar-refractivity contribution in [2.45, 2.75) is 45.0 Å². The van der Waals surface area contributed by atoms with Crippen molar-refractivity contribution in [1.29, 1.82) is 0 Å². The third-order valence-corrected chi connectivity index (χ3v) is 5.29. The van der Waals surface area contributed by atoms with Crippen molar-refractivity contribution in [3.05, 3.63) is 64.2 Å². The van der Waals surface area contributed by atoms with Gasteiger partial charge in [-0.25, -0.2) is 0 Å². The highest BCUT2D eigenvalue weighted by molar-refractivity contribution is 5.88. The van der Waals surface area contributed by atoms with Gasteiger partial charge in [0.25, 0.3) is 0 Å². The summed E-state index contributed by atoms with van der Waals surface area (Å²) in [7, 11) is 0. The van der Waals surface area contributed by atoms with Crippen LogP contribution in [-0.2, 0) is 31.6 Å². The van der Waals surface area contributed by atoms with Crippen molar-refractivity contribution in [1.82, 2.24) is 20.6 Å². The number of H-pyrrole nitrogens is 1. The van der Waals surface area contributed by atoms with Crippen LogP contribution < -0.4 is 0 Å². The van der Waals surface area contributed by atoms with Crippen molar-refractivity contribution < 1.29 is 30.8 Å². The number of fused-ring (bicyclic) bond motifs is 1. The van der Waals surface area contributed by atoms with Crippen molar-refractivity contribution in [2.24, 2.45) is 0 Å². The highest BCUT2D eigenvalue weighted by Crippen LogP contribution is 2.43. The zero-order valence-corrected chi connectivity index (χ0v) is 17.3. The van der Waals surface area contributed by atoms with Crippen LogP contribution in [0.25, 0.3) is 22.6 Å². The van der Waals surface area contributed by atoms with Gasteiger partial charge in [0.15, 0.2) is 5.76 Å². The molecule has 4 aromatic rings. The molecule has 2 aromatic heterocycles. The zero-order chi connectivity index (χ0) is 23.8. The summed E-state index contributed by atoms with van der Waals surface area (Å²) in [6.07, 6.45) is -7.64. The molecule has 174 valence electrons. The molecule has 33 heavy (non-hydrogen) atoms. The van der Waals surface area contributed by atoms with E-state index in [0.29, 0.717) is 30.4 Å². The van der Waals surface area contributed by atoms with Crippen molar-refractivity contribution in [3.63, 3.8) is 0 Å². The van der Waals surface area contributed by atoms with Crippen LogP contribution in [0.1, 0.15) is 41.2 Å². The summed E-state index contributed by atoms with van der Waals surface area (Å²) in [5.74, 6) is -0.878. The van der Waals surface area contributed by atoms with Crippen LogP contribution in [-0.4, -0.2) is 20.6 Å². The number of benzene rings is 2. The largest absolute Gasteiger partial charge is 0.452 e. The predicted octanol–water partition coefficient (Wildman–Crippen LogP) is 6.39. The van der Waals surface area contributed by atoms with Gasteiger partial charge in [0, 0.05) is 5.39 Å². The van der Waals surface area contributed by atoms with Gasteiger partial charge in [0.2, 0.25) is 5.82 Å². The van der Waals surface area contributed by atoms with Crippen molar-refractivity contribution in [3.8, 4) is 11.6 Å². The number of tetrazole rings is 1. The summed E-state index contributed by atoms with van der Waals surface area (Å²) < 4.78 is 86.7. The molecule has 11 heteroatoms. The Morgan fingerprint density at radius 3 is 2.18 bits per heavy atom. The third kappa shape index (κ3) is 4.71. The normalized spacial score (nSPS) is 12.6. The van der Waals surface area contributed by atoms with E-state index in [4.69, 9.17) is 4.42 Å². The predicted molar refractivity (Wildman–Crippen MR) is 107 cm³/mol. The van der Waals surface area contributed by atoms with E-state index in [1.54, 1.807) is 6.07 Å².